The molecule has 0 saturated carbocycles. The van der Waals surface area contributed by atoms with Gasteiger partial charge >= 0.3 is 18.3 Å². The number of carbonyl (C=O) groups is 1. The van der Waals surface area contributed by atoms with Crippen molar-refractivity contribution < 1.29 is 45.7 Å². The number of benzene rings is 2. The van der Waals surface area contributed by atoms with E-state index in [-0.39, 0.29) is 11.5 Å². The second-order valence-corrected chi connectivity index (χ2v) is 6.77. The summed E-state index contributed by atoms with van der Waals surface area (Å²) in [4.78, 5) is 15.9. The predicted octanol–water partition coefficient (Wildman–Crippen LogP) is 4.17. The lowest BCUT2D eigenvalue weighted by atomic mass is 9.89. The Balaban J connectivity index is 2.02. The zero-order valence-corrected chi connectivity index (χ0v) is 16.7. The minimum Gasteiger partial charge on any atom is -0.467 e. The highest BCUT2D eigenvalue weighted by atomic mass is 19.4. The van der Waals surface area contributed by atoms with E-state index in [9.17, 15) is 36.2 Å². The van der Waals surface area contributed by atoms with Crippen molar-refractivity contribution >= 4 is 5.97 Å². The number of halogens is 6. The molecule has 2 aromatic carbocycles. The molecule has 1 unspecified atom stereocenters. The van der Waals surface area contributed by atoms with E-state index in [1.54, 1.807) is 0 Å². The zero-order valence-electron chi connectivity index (χ0n) is 16.7. The molecule has 0 aliphatic rings. The van der Waals surface area contributed by atoms with E-state index in [4.69, 9.17) is 4.74 Å². The first-order valence-electron chi connectivity index (χ1n) is 9.04. The number of hydrogen-bond acceptors (Lipinski definition) is 6. The van der Waals surface area contributed by atoms with E-state index in [1.807, 2.05) is 0 Å². The second-order valence-electron chi connectivity index (χ2n) is 6.77. The number of carbonyl (C=O) groups excluding carboxylic acids is 1. The number of aliphatic hydroxyl groups is 1. The molecule has 1 aromatic heterocycles. The molecule has 3 rings (SSSR count). The number of nitrogens with zero attached hydrogens (tertiary/aromatic N) is 3. The fraction of sp³-hybridized carbons (Fsp3) is 0.250. The normalized spacial score (nSPS) is 13.9. The van der Waals surface area contributed by atoms with Gasteiger partial charge < -0.3 is 14.6 Å². The van der Waals surface area contributed by atoms with E-state index >= 15 is 0 Å². The summed E-state index contributed by atoms with van der Waals surface area (Å²) in [6, 6.07) is 5.67. The maximum absolute atomic E-state index is 13.8. The summed E-state index contributed by atoms with van der Waals surface area (Å²) in [6.45, 7) is -0.734. The molecule has 13 heteroatoms. The lowest BCUT2D eigenvalue weighted by Gasteiger charge is -2.28. The molecule has 176 valence electrons. The zero-order chi connectivity index (χ0) is 24.4. The summed E-state index contributed by atoms with van der Waals surface area (Å²) in [6.07, 6.45) is -7.49. The topological polar surface area (TPSA) is 86.5 Å². The van der Waals surface area contributed by atoms with Crippen LogP contribution in [-0.2, 0) is 34.0 Å². The van der Waals surface area contributed by atoms with Crippen LogP contribution in [0.4, 0.5) is 26.3 Å². The Hall–Kier alpha value is -3.61. The van der Waals surface area contributed by atoms with Crippen LogP contribution in [0.3, 0.4) is 0 Å². The Morgan fingerprint density at radius 1 is 0.970 bits per heavy atom. The first kappa shape index (κ1) is 24.0. The van der Waals surface area contributed by atoms with Crippen molar-refractivity contribution in [2.75, 3.05) is 7.11 Å². The Kier molecular flexibility index (Phi) is 6.36. The second kappa shape index (κ2) is 8.73. The highest BCUT2D eigenvalue weighted by Gasteiger charge is 2.47. The van der Waals surface area contributed by atoms with E-state index in [2.05, 4.69) is 14.8 Å². The van der Waals surface area contributed by atoms with Crippen molar-refractivity contribution in [2.24, 2.45) is 0 Å². The van der Waals surface area contributed by atoms with Gasteiger partial charge in [-0.05, 0) is 36.4 Å². The van der Waals surface area contributed by atoms with Gasteiger partial charge in [0.05, 0.1) is 24.8 Å². The number of alkyl halides is 6. The third kappa shape index (κ3) is 5.25. The van der Waals surface area contributed by atoms with Crippen molar-refractivity contribution in [3.05, 3.63) is 71.8 Å². The lowest BCUT2D eigenvalue weighted by molar-refractivity contribution is -0.168. The third-order valence-corrected chi connectivity index (χ3v) is 4.54. The highest BCUT2D eigenvalue weighted by molar-refractivity contribution is 5.81. The smallest absolute Gasteiger partial charge is 0.416 e. The standard InChI is InChI=1S/C20H15F6N3O4/c1-32-17(30)18(31,9-29-11-27-10-28-29)15-7-6-14(8-16(15)20(24,25)26)33-13-4-2-12(3-5-13)19(21,22)23/h2-8,10-11,31H,9H2,1H3. The number of esters is 1. The molecule has 1 N–H and O–H groups in total. The van der Waals surface area contributed by atoms with Crippen molar-refractivity contribution in [1.29, 1.82) is 0 Å². The third-order valence-electron chi connectivity index (χ3n) is 4.54. The van der Waals surface area contributed by atoms with Gasteiger partial charge in [0.1, 0.15) is 24.2 Å². The van der Waals surface area contributed by atoms with Crippen LogP contribution in [0, 0.1) is 0 Å². The lowest BCUT2D eigenvalue weighted by Crippen LogP contribution is -2.42. The fourth-order valence-electron chi connectivity index (χ4n) is 3.01. The molecule has 0 saturated heterocycles. The SMILES string of the molecule is COC(=O)C(O)(Cn1cncn1)c1ccc(Oc2ccc(C(F)(F)F)cc2)cc1C(F)(F)F. The molecule has 0 fully saturated rings. The van der Waals surface area contributed by atoms with Gasteiger partial charge in [0.25, 0.3) is 0 Å². The molecule has 0 radical (unpaired) electrons. The van der Waals surface area contributed by atoms with Crippen molar-refractivity contribution in [3.63, 3.8) is 0 Å². The maximum Gasteiger partial charge on any atom is 0.416 e. The molecule has 0 bridgehead atoms. The molecule has 3 aromatic rings. The van der Waals surface area contributed by atoms with Gasteiger partial charge in [-0.2, -0.15) is 31.4 Å². The number of rotatable bonds is 6. The molecular formula is C20H15F6N3O4. The minimum atomic E-state index is -5.04. The van der Waals surface area contributed by atoms with Gasteiger partial charge in [-0.1, -0.05) is 6.07 Å². The summed E-state index contributed by atoms with van der Waals surface area (Å²) < 4.78 is 90.3. The van der Waals surface area contributed by atoms with Crippen LogP contribution in [0.15, 0.2) is 55.1 Å². The summed E-state index contributed by atoms with van der Waals surface area (Å²) in [5.74, 6) is -1.92. The average molecular weight is 475 g/mol. The Morgan fingerprint density at radius 3 is 2.12 bits per heavy atom. The van der Waals surface area contributed by atoms with Crippen molar-refractivity contribution in [2.45, 2.75) is 24.5 Å². The molecule has 0 aliphatic carbocycles. The molecule has 7 nitrogen and oxygen atoms in total. The van der Waals surface area contributed by atoms with Crippen molar-refractivity contribution in [3.8, 4) is 11.5 Å². The summed E-state index contributed by atoms with van der Waals surface area (Å²) in [7, 11) is 0.893. The van der Waals surface area contributed by atoms with Gasteiger partial charge in [-0.15, -0.1) is 0 Å². The molecule has 0 amide bonds. The first-order chi connectivity index (χ1) is 15.3. The maximum atomic E-state index is 13.8. The van der Waals surface area contributed by atoms with Crippen LogP contribution in [0.2, 0.25) is 0 Å². The molecule has 33 heavy (non-hydrogen) atoms. The largest absolute Gasteiger partial charge is 0.467 e. The number of ether oxygens (including phenoxy) is 2. The van der Waals surface area contributed by atoms with E-state index < -0.39 is 47.2 Å². The van der Waals surface area contributed by atoms with Crippen LogP contribution in [0.5, 0.6) is 11.5 Å². The van der Waals surface area contributed by atoms with Gasteiger partial charge in [0.15, 0.2) is 0 Å². The first-order valence-corrected chi connectivity index (χ1v) is 9.04. The minimum absolute atomic E-state index is 0.158. The summed E-state index contributed by atoms with van der Waals surface area (Å²) in [5, 5.41) is 14.6. The van der Waals surface area contributed by atoms with Crippen molar-refractivity contribution in [1.82, 2.24) is 14.8 Å². The predicted molar refractivity (Wildman–Crippen MR) is 98.9 cm³/mol. The van der Waals surface area contributed by atoms with Crippen LogP contribution >= 0.6 is 0 Å². The molecule has 0 aliphatic heterocycles. The van der Waals surface area contributed by atoms with E-state index in [0.29, 0.717) is 18.2 Å². The van der Waals surface area contributed by atoms with E-state index in [0.717, 1.165) is 48.7 Å². The molecule has 1 atom stereocenters. The number of hydrogen-bond donors (Lipinski definition) is 1. The van der Waals surface area contributed by atoms with E-state index in [1.165, 1.54) is 0 Å². The molecule has 1 heterocycles. The Labute approximate surface area is 182 Å². The average Bonchev–Trinajstić information content (AvgIpc) is 3.25. The number of aromatic nitrogens is 3. The fourth-order valence-corrected chi connectivity index (χ4v) is 3.01. The number of methoxy groups -OCH3 is 1. The van der Waals surface area contributed by atoms with Gasteiger partial charge in [0.2, 0.25) is 5.60 Å². The van der Waals surface area contributed by atoms with Crippen LogP contribution < -0.4 is 4.74 Å². The van der Waals surface area contributed by atoms with Gasteiger partial charge in [0, 0.05) is 5.56 Å². The molecular weight excluding hydrogens is 460 g/mol. The van der Waals surface area contributed by atoms with Crippen LogP contribution in [0.25, 0.3) is 0 Å². The van der Waals surface area contributed by atoms with Gasteiger partial charge in [-0.25, -0.2) is 14.5 Å². The van der Waals surface area contributed by atoms with Crippen LogP contribution in [0.1, 0.15) is 16.7 Å². The highest BCUT2D eigenvalue weighted by Crippen LogP contribution is 2.41. The Bertz CT molecular complexity index is 1110. The molecule has 0 spiro atoms. The quantitative estimate of drug-likeness (QED) is 0.426. The monoisotopic (exact) mass is 475 g/mol. The summed E-state index contributed by atoms with van der Waals surface area (Å²) in [5.41, 5.74) is -6.00. The Morgan fingerprint density at radius 2 is 1.61 bits per heavy atom. The van der Waals surface area contributed by atoms with Crippen LogP contribution in [-0.4, -0.2) is 33.0 Å². The summed E-state index contributed by atoms with van der Waals surface area (Å²) >= 11 is 0. The van der Waals surface area contributed by atoms with Gasteiger partial charge in [-0.3, -0.25) is 0 Å².